The van der Waals surface area contributed by atoms with Crippen molar-refractivity contribution in [3.8, 4) is 17.6 Å². The summed E-state index contributed by atoms with van der Waals surface area (Å²) in [5.41, 5.74) is 0.614. The first-order chi connectivity index (χ1) is 37.6. The molecule has 1 amide bonds. The van der Waals surface area contributed by atoms with Crippen LogP contribution in [0.3, 0.4) is 0 Å². The molecule has 0 radical (unpaired) electrons. The van der Waals surface area contributed by atoms with Crippen LogP contribution in [0, 0.1) is 35.0 Å². The van der Waals surface area contributed by atoms with E-state index in [0.29, 0.717) is 11.5 Å². The highest BCUT2D eigenvalue weighted by Gasteiger charge is 2.57. The van der Waals surface area contributed by atoms with E-state index in [1.165, 1.54) is 34.6 Å². The Balaban J connectivity index is 1.48. The number of thioether (sulfide) groups is 1. The van der Waals surface area contributed by atoms with Crippen LogP contribution in [0.15, 0.2) is 48.5 Å². The topological polar surface area (TPSA) is 260 Å². The van der Waals surface area contributed by atoms with E-state index >= 15 is 0 Å². The van der Waals surface area contributed by atoms with Gasteiger partial charge in [-0.1, -0.05) is 52.0 Å². The maximum atomic E-state index is 13.5. The van der Waals surface area contributed by atoms with E-state index in [2.05, 4.69) is 11.4 Å². The zero-order valence-corrected chi connectivity index (χ0v) is 48.0. The van der Waals surface area contributed by atoms with Crippen LogP contribution in [0.1, 0.15) is 87.3 Å². The summed E-state index contributed by atoms with van der Waals surface area (Å²) in [6, 6.07) is 15.8. The van der Waals surface area contributed by atoms with Gasteiger partial charge in [0, 0.05) is 46.5 Å². The average Bonchev–Trinajstić information content (AvgIpc) is 3.40. The van der Waals surface area contributed by atoms with E-state index in [4.69, 9.17) is 71.1 Å². The number of hydrogen-bond acceptors (Lipinski definition) is 22. The summed E-state index contributed by atoms with van der Waals surface area (Å²) in [4.78, 5) is 63.8. The monoisotopic (exact) mass is 1130 g/mol. The lowest BCUT2D eigenvalue weighted by atomic mass is 9.83. The number of amides is 1. The van der Waals surface area contributed by atoms with Crippen molar-refractivity contribution in [3.63, 3.8) is 0 Å². The molecule has 4 aliphatic heterocycles. The molecule has 23 heteroatoms. The summed E-state index contributed by atoms with van der Waals surface area (Å²) < 4.78 is 95.4. The maximum absolute atomic E-state index is 13.5. The lowest BCUT2D eigenvalue weighted by Crippen LogP contribution is -2.68. The van der Waals surface area contributed by atoms with Crippen molar-refractivity contribution in [2.24, 2.45) is 23.7 Å². The number of nitriles is 1. The van der Waals surface area contributed by atoms with E-state index in [0.717, 1.165) is 22.9 Å². The second-order valence-corrected chi connectivity index (χ2v) is 21.5. The number of nitrogens with one attached hydrogen (secondary N) is 1. The molecule has 2 aromatic rings. The molecule has 79 heavy (non-hydrogen) atoms. The summed E-state index contributed by atoms with van der Waals surface area (Å²) in [7, 11) is 3.16. The van der Waals surface area contributed by atoms with Gasteiger partial charge in [0.1, 0.15) is 66.8 Å². The Bertz CT molecular complexity index is 2360. The minimum atomic E-state index is -1.45. The molecule has 0 aromatic heterocycles. The average molecular weight is 1130 g/mol. The molecule has 1 N–H and O–H groups in total. The Labute approximate surface area is 466 Å². The van der Waals surface area contributed by atoms with Crippen LogP contribution in [0.2, 0.25) is 0 Å². The fourth-order valence-electron chi connectivity index (χ4n) is 10.0. The van der Waals surface area contributed by atoms with Gasteiger partial charge in [-0.3, -0.25) is 24.0 Å². The molecule has 22 nitrogen and oxygen atoms in total. The molecule has 438 valence electrons. The molecular weight excluding hydrogens is 1050 g/mol. The van der Waals surface area contributed by atoms with Crippen LogP contribution < -0.4 is 14.8 Å². The second kappa shape index (κ2) is 29.5. The van der Waals surface area contributed by atoms with Crippen LogP contribution in [-0.2, 0) is 98.8 Å². The van der Waals surface area contributed by atoms with Crippen LogP contribution in [0.4, 0.5) is 0 Å². The number of nitrogens with zero attached hydrogens (tertiary/aromatic N) is 1. The third kappa shape index (κ3) is 17.0. The second-order valence-electron chi connectivity index (χ2n) is 20.4. The number of carbonyl (C=O) groups excluding carboxylic acids is 5. The molecule has 11 unspecified atom stereocenters. The molecule has 0 saturated carbocycles. The SMILES string of the molecule is COc1ccc(COC2[C@H](C)C(C)O[C@@H](O[C@@H]3C(COC(C)=O)O[C@@H](SCC#N)C(NC(C)=O)C3O[C@@H]3OC(COC(C)=O)[C@H](C)C(C)C3O[C@@H]3OC(C)[C@@H](C)C(OC(C)=O)C3OC(C)=O)[C@H]2OCc2ccc(OC)cc2)cc1. The Kier molecular flexibility index (Phi) is 23.6. The Morgan fingerprint density at radius 3 is 1.51 bits per heavy atom. The highest BCUT2D eigenvalue weighted by atomic mass is 32.2. The predicted molar refractivity (Wildman–Crippen MR) is 280 cm³/mol. The van der Waals surface area contributed by atoms with Gasteiger partial charge >= 0.3 is 23.9 Å². The summed E-state index contributed by atoms with van der Waals surface area (Å²) in [6.45, 7) is 17.1. The summed E-state index contributed by atoms with van der Waals surface area (Å²) >= 11 is 1.06. The Hall–Kier alpha value is -5.13. The van der Waals surface area contributed by atoms with Crippen molar-refractivity contribution >= 4 is 41.5 Å². The number of rotatable bonds is 23. The molecule has 4 fully saturated rings. The standard InChI is InChI=1S/C56H78N2O20S/c1-28-29(2)48(76-55-52(73-38(11)63)47(72-37(10)62)31(4)33(6)71-55)53(74-43(28)26-66-35(8)60)78-50-45(58-34(7)59)56(79-23-22-57)75-44(27-67-36(9)61)49(50)77-54-51(69-25-40-16-20-42(65-13)21-17-40)46(30(3)32(5)70-54)68-24-39-14-18-41(64-12)19-15-39/h14-21,28-33,43-56H,23-27H2,1-13H3,(H,58,59)/t28-,29?,30-,31-,32?,33?,43?,44?,45?,46?,47?,48?,49-,50?,51+,52?,53+,54+,55+,56+/m1/s1. The molecule has 0 aliphatic carbocycles. The van der Waals surface area contributed by atoms with Gasteiger partial charge < -0.3 is 76.4 Å². The van der Waals surface area contributed by atoms with Crippen molar-refractivity contribution in [2.45, 2.75) is 187 Å². The van der Waals surface area contributed by atoms with Gasteiger partial charge in [0.2, 0.25) is 5.91 Å². The van der Waals surface area contributed by atoms with E-state index in [1.54, 1.807) is 28.1 Å². The molecule has 6 rings (SSSR count). The highest BCUT2D eigenvalue weighted by Crippen LogP contribution is 2.42. The summed E-state index contributed by atoms with van der Waals surface area (Å²) in [5, 5.41) is 12.9. The van der Waals surface area contributed by atoms with Gasteiger partial charge in [-0.05, 0) is 61.1 Å². The van der Waals surface area contributed by atoms with Crippen LogP contribution >= 0.6 is 11.8 Å². The smallest absolute Gasteiger partial charge is 0.303 e. The molecule has 0 bridgehead atoms. The fourth-order valence-corrected chi connectivity index (χ4v) is 10.9. The molecule has 4 heterocycles. The van der Waals surface area contributed by atoms with E-state index in [9.17, 15) is 29.2 Å². The fraction of sp³-hybridized carbons (Fsp3) is 0.679. The van der Waals surface area contributed by atoms with E-state index in [1.807, 2.05) is 76.2 Å². The largest absolute Gasteiger partial charge is 0.497 e. The molecule has 20 atom stereocenters. The van der Waals surface area contributed by atoms with Crippen molar-refractivity contribution in [3.05, 3.63) is 59.7 Å². The van der Waals surface area contributed by atoms with E-state index < -0.39 is 152 Å². The molecule has 0 spiro atoms. The highest BCUT2D eigenvalue weighted by molar-refractivity contribution is 8.00. The Morgan fingerprint density at radius 1 is 0.532 bits per heavy atom. The number of ether oxygens (including phenoxy) is 15. The number of hydrogen-bond donors (Lipinski definition) is 1. The maximum Gasteiger partial charge on any atom is 0.303 e. The van der Waals surface area contributed by atoms with Crippen molar-refractivity contribution < 1.29 is 95.0 Å². The molecule has 4 aliphatic rings. The van der Waals surface area contributed by atoms with Crippen molar-refractivity contribution in [1.82, 2.24) is 5.32 Å². The summed E-state index contributed by atoms with van der Waals surface area (Å²) in [5.74, 6) is -3.43. The van der Waals surface area contributed by atoms with Gasteiger partial charge in [0.15, 0.2) is 25.0 Å². The summed E-state index contributed by atoms with van der Waals surface area (Å²) in [6.07, 6.45) is -14.9. The number of esters is 4. The minimum Gasteiger partial charge on any atom is -0.497 e. The lowest BCUT2D eigenvalue weighted by Gasteiger charge is -2.52. The van der Waals surface area contributed by atoms with Gasteiger partial charge in [-0.15, -0.1) is 11.8 Å². The third-order valence-corrected chi connectivity index (χ3v) is 15.8. The Morgan fingerprint density at radius 2 is 1.00 bits per heavy atom. The number of methoxy groups -OCH3 is 2. The lowest BCUT2D eigenvalue weighted by molar-refractivity contribution is -0.374. The van der Waals surface area contributed by atoms with Crippen LogP contribution in [0.25, 0.3) is 0 Å². The van der Waals surface area contributed by atoms with Crippen LogP contribution in [-0.4, -0.2) is 160 Å². The van der Waals surface area contributed by atoms with Crippen molar-refractivity contribution in [1.29, 1.82) is 5.26 Å². The quantitative estimate of drug-likeness (QED) is 0.105. The zero-order valence-electron chi connectivity index (χ0n) is 47.2. The zero-order chi connectivity index (χ0) is 57.7. The van der Waals surface area contributed by atoms with Gasteiger partial charge in [-0.2, -0.15) is 5.26 Å². The van der Waals surface area contributed by atoms with Crippen molar-refractivity contribution in [2.75, 3.05) is 33.2 Å². The van der Waals surface area contributed by atoms with Gasteiger partial charge in [0.25, 0.3) is 0 Å². The predicted octanol–water partition coefficient (Wildman–Crippen LogP) is 5.56. The first-order valence-electron chi connectivity index (χ1n) is 26.6. The molecule has 2 aromatic carbocycles. The normalized spacial score (nSPS) is 34.5. The first-order valence-corrected chi connectivity index (χ1v) is 27.6. The molecule has 4 saturated heterocycles. The number of benzene rings is 2. The third-order valence-electron chi connectivity index (χ3n) is 14.8. The minimum absolute atomic E-state index is 0.0722. The van der Waals surface area contributed by atoms with Gasteiger partial charge in [0.05, 0.1) is 69.7 Å². The van der Waals surface area contributed by atoms with Gasteiger partial charge in [-0.25, -0.2) is 0 Å². The first kappa shape index (κ1) is 63.1. The van der Waals surface area contributed by atoms with E-state index in [-0.39, 0.29) is 31.5 Å². The molecular formula is C56H78N2O20S. The van der Waals surface area contributed by atoms with Crippen LogP contribution in [0.5, 0.6) is 11.5 Å². The number of carbonyl (C=O) groups is 5.